The molecular formula is C11H14Cl2N2O4S. The number of carbonyl (C=O) groups excluding carboxylic acids is 1. The number of carbonyl (C=O) groups is 1. The number of para-hydroxylation sites is 1. The van der Waals surface area contributed by atoms with E-state index in [1.807, 2.05) is 30.3 Å². The van der Waals surface area contributed by atoms with Crippen LogP contribution >= 0.6 is 21.4 Å². The molecule has 6 nitrogen and oxygen atoms in total. The summed E-state index contributed by atoms with van der Waals surface area (Å²) in [5, 5.41) is 3.19. The Hall–Kier alpha value is -0.860. The first-order valence-electron chi connectivity index (χ1n) is 5.67. The van der Waals surface area contributed by atoms with Crippen LogP contribution in [-0.4, -0.2) is 40.8 Å². The SMILES string of the molecule is O=CN(c1ccccc1)C1CNCCO1.O=S(=O)(Cl)Cl. The summed E-state index contributed by atoms with van der Waals surface area (Å²) in [6.45, 7) is 2.16. The van der Waals surface area contributed by atoms with Gasteiger partial charge in [-0.15, -0.1) is 0 Å². The normalized spacial score (nSPS) is 18.6. The molecule has 1 aromatic rings. The van der Waals surface area contributed by atoms with Crippen molar-refractivity contribution in [3.8, 4) is 0 Å². The van der Waals surface area contributed by atoms with Gasteiger partial charge in [-0.2, -0.15) is 8.42 Å². The van der Waals surface area contributed by atoms with Crippen LogP contribution in [0.3, 0.4) is 0 Å². The Morgan fingerprint density at radius 3 is 2.35 bits per heavy atom. The first-order chi connectivity index (χ1) is 9.42. The number of halogens is 2. The van der Waals surface area contributed by atoms with Gasteiger partial charge in [0.15, 0.2) is 0 Å². The lowest BCUT2D eigenvalue weighted by atomic mass is 10.3. The molecule has 1 N–H and O–H groups in total. The van der Waals surface area contributed by atoms with E-state index in [1.54, 1.807) is 4.90 Å². The number of ether oxygens (including phenoxy) is 1. The molecule has 1 amide bonds. The van der Waals surface area contributed by atoms with Crippen LogP contribution < -0.4 is 10.2 Å². The molecule has 20 heavy (non-hydrogen) atoms. The maximum Gasteiger partial charge on any atom is 0.317 e. The highest BCUT2D eigenvalue weighted by Crippen LogP contribution is 2.15. The number of anilines is 1. The van der Waals surface area contributed by atoms with Crippen molar-refractivity contribution in [3.63, 3.8) is 0 Å². The molecule has 1 atom stereocenters. The van der Waals surface area contributed by atoms with Gasteiger partial charge in [0.2, 0.25) is 6.41 Å². The molecule has 1 saturated heterocycles. The average molecular weight is 341 g/mol. The van der Waals surface area contributed by atoms with Crippen LogP contribution in [-0.2, 0) is 17.8 Å². The first-order valence-corrected chi connectivity index (χ1v) is 8.80. The van der Waals surface area contributed by atoms with Gasteiger partial charge in [0.1, 0.15) is 6.23 Å². The van der Waals surface area contributed by atoms with Crippen LogP contribution in [0.15, 0.2) is 30.3 Å². The Morgan fingerprint density at radius 2 is 1.90 bits per heavy atom. The highest BCUT2D eigenvalue weighted by molar-refractivity contribution is 8.31. The quantitative estimate of drug-likeness (QED) is 0.663. The largest absolute Gasteiger partial charge is 0.355 e. The first kappa shape index (κ1) is 17.2. The number of amides is 1. The zero-order valence-electron chi connectivity index (χ0n) is 10.4. The molecule has 1 aliphatic rings. The molecule has 0 spiro atoms. The fraction of sp³-hybridized carbons (Fsp3) is 0.364. The van der Waals surface area contributed by atoms with Crippen molar-refractivity contribution in [2.24, 2.45) is 0 Å². The van der Waals surface area contributed by atoms with Crippen molar-refractivity contribution < 1.29 is 17.9 Å². The van der Waals surface area contributed by atoms with E-state index in [0.29, 0.717) is 13.2 Å². The molecule has 1 heterocycles. The molecule has 0 radical (unpaired) electrons. The summed E-state index contributed by atoms with van der Waals surface area (Å²) in [6.07, 6.45) is 0.617. The van der Waals surface area contributed by atoms with Gasteiger partial charge in [-0.3, -0.25) is 9.69 Å². The molecule has 0 aromatic heterocycles. The van der Waals surface area contributed by atoms with Gasteiger partial charge < -0.3 is 10.1 Å². The van der Waals surface area contributed by atoms with Crippen molar-refractivity contribution >= 4 is 41.7 Å². The fourth-order valence-electron chi connectivity index (χ4n) is 1.63. The van der Waals surface area contributed by atoms with Crippen LogP contribution in [0.1, 0.15) is 0 Å². The molecule has 1 fully saturated rings. The Labute approximate surface area is 126 Å². The minimum Gasteiger partial charge on any atom is -0.355 e. The highest BCUT2D eigenvalue weighted by Gasteiger charge is 2.21. The van der Waals surface area contributed by atoms with E-state index >= 15 is 0 Å². The summed E-state index contributed by atoms with van der Waals surface area (Å²) < 4.78 is 23.8. The summed E-state index contributed by atoms with van der Waals surface area (Å²) in [7, 11) is 4.81. The van der Waals surface area contributed by atoms with Gasteiger partial charge in [0.25, 0.3) is 0 Å². The number of nitrogens with one attached hydrogen (secondary N) is 1. The van der Waals surface area contributed by atoms with Gasteiger partial charge in [-0.05, 0) is 12.1 Å². The number of hydrogen-bond donors (Lipinski definition) is 1. The second kappa shape index (κ2) is 8.43. The third-order valence-corrected chi connectivity index (χ3v) is 2.39. The molecule has 0 aliphatic carbocycles. The lowest BCUT2D eigenvalue weighted by molar-refractivity contribution is -0.110. The zero-order chi connectivity index (χ0) is 15.0. The maximum atomic E-state index is 11.0. The number of benzene rings is 1. The smallest absolute Gasteiger partial charge is 0.317 e. The van der Waals surface area contributed by atoms with Crippen molar-refractivity contribution in [2.75, 3.05) is 24.6 Å². The third kappa shape index (κ3) is 7.06. The van der Waals surface area contributed by atoms with E-state index in [2.05, 4.69) is 26.7 Å². The van der Waals surface area contributed by atoms with Crippen LogP contribution in [0, 0.1) is 0 Å². The minimum absolute atomic E-state index is 0.196. The van der Waals surface area contributed by atoms with Crippen LogP contribution in [0.2, 0.25) is 0 Å². The summed E-state index contributed by atoms with van der Waals surface area (Å²) in [6, 6.07) is 9.52. The molecule has 1 aliphatic heterocycles. The Morgan fingerprint density at radius 1 is 1.30 bits per heavy atom. The summed E-state index contributed by atoms with van der Waals surface area (Å²) in [5.41, 5.74) is 0.862. The standard InChI is InChI=1S/C11H14N2O2.Cl2O2S/c14-9-13(10-4-2-1-3-5-10)11-8-12-6-7-15-11;1-5(2,3)4/h1-5,9,11-12H,6-8H2;. The summed E-state index contributed by atoms with van der Waals surface area (Å²) in [5.74, 6) is 0. The van der Waals surface area contributed by atoms with E-state index < -0.39 is 8.26 Å². The van der Waals surface area contributed by atoms with E-state index in [1.165, 1.54) is 0 Å². The third-order valence-electron chi connectivity index (χ3n) is 2.39. The van der Waals surface area contributed by atoms with E-state index in [-0.39, 0.29) is 6.23 Å². The maximum absolute atomic E-state index is 11.0. The van der Waals surface area contributed by atoms with Gasteiger partial charge >= 0.3 is 8.26 Å². The number of rotatable bonds is 3. The van der Waals surface area contributed by atoms with Gasteiger partial charge in [0.05, 0.1) is 6.61 Å². The van der Waals surface area contributed by atoms with E-state index in [0.717, 1.165) is 18.6 Å². The monoisotopic (exact) mass is 340 g/mol. The molecule has 1 aromatic carbocycles. The van der Waals surface area contributed by atoms with Gasteiger partial charge in [-0.1, -0.05) is 18.2 Å². The Balaban J connectivity index is 0.000000347. The average Bonchev–Trinajstić information content (AvgIpc) is 2.40. The Bertz CT molecular complexity index is 498. The molecule has 1 unspecified atom stereocenters. The van der Waals surface area contributed by atoms with E-state index in [4.69, 9.17) is 13.2 Å². The second-order valence-corrected chi connectivity index (χ2v) is 7.42. The Kier molecular flexibility index (Phi) is 7.25. The number of nitrogens with zero attached hydrogens (tertiary/aromatic N) is 1. The van der Waals surface area contributed by atoms with Crippen LogP contribution in [0.5, 0.6) is 0 Å². The van der Waals surface area contributed by atoms with Crippen LogP contribution in [0.4, 0.5) is 5.69 Å². The second-order valence-electron chi connectivity index (χ2n) is 3.76. The highest BCUT2D eigenvalue weighted by atomic mass is 36.0. The van der Waals surface area contributed by atoms with Crippen molar-refractivity contribution in [2.45, 2.75) is 6.23 Å². The topological polar surface area (TPSA) is 75.7 Å². The predicted octanol–water partition coefficient (Wildman–Crippen LogP) is 1.30. The number of hydrogen-bond acceptors (Lipinski definition) is 5. The van der Waals surface area contributed by atoms with Crippen LogP contribution in [0.25, 0.3) is 0 Å². The summed E-state index contributed by atoms with van der Waals surface area (Å²) >= 11 is 0. The van der Waals surface area contributed by atoms with Crippen molar-refractivity contribution in [1.82, 2.24) is 5.32 Å². The van der Waals surface area contributed by atoms with Crippen molar-refractivity contribution in [1.29, 1.82) is 0 Å². The molecule has 0 bridgehead atoms. The molecule has 112 valence electrons. The molecule has 2 rings (SSSR count). The van der Waals surface area contributed by atoms with Crippen molar-refractivity contribution in [3.05, 3.63) is 30.3 Å². The fourth-order valence-corrected chi connectivity index (χ4v) is 1.63. The number of morpholine rings is 1. The molecule has 9 heteroatoms. The zero-order valence-corrected chi connectivity index (χ0v) is 12.7. The molecular weight excluding hydrogens is 327 g/mol. The lowest BCUT2D eigenvalue weighted by Crippen LogP contribution is -2.49. The van der Waals surface area contributed by atoms with Gasteiger partial charge in [0, 0.05) is 40.1 Å². The van der Waals surface area contributed by atoms with E-state index in [9.17, 15) is 4.79 Å². The molecule has 0 saturated carbocycles. The summed E-state index contributed by atoms with van der Waals surface area (Å²) in [4.78, 5) is 12.6. The van der Waals surface area contributed by atoms with Gasteiger partial charge in [-0.25, -0.2) is 0 Å². The minimum atomic E-state index is -3.72. The lowest BCUT2D eigenvalue weighted by Gasteiger charge is -2.31. The predicted molar refractivity (Wildman–Crippen MR) is 78.2 cm³/mol.